The van der Waals surface area contributed by atoms with Crippen molar-refractivity contribution in [1.29, 1.82) is 0 Å². The normalized spacial score (nSPS) is 17.0. The summed E-state index contributed by atoms with van der Waals surface area (Å²) in [6.07, 6.45) is 2.46. The Morgan fingerprint density at radius 2 is 1.52 bits per heavy atom. The van der Waals surface area contributed by atoms with Crippen molar-refractivity contribution in [3.8, 4) is 0 Å². The third kappa shape index (κ3) is 4.28. The molecule has 2 aliphatic heterocycles. The number of aromatic nitrogens is 2. The average molecular weight is 395 g/mol. The van der Waals surface area contributed by atoms with Crippen molar-refractivity contribution in [3.63, 3.8) is 0 Å². The van der Waals surface area contributed by atoms with E-state index >= 15 is 0 Å². The van der Waals surface area contributed by atoms with Crippen LogP contribution < -0.4 is 15.1 Å². The highest BCUT2D eigenvalue weighted by molar-refractivity contribution is 5.90. The van der Waals surface area contributed by atoms with E-state index < -0.39 is 0 Å². The molecule has 0 atom stereocenters. The summed E-state index contributed by atoms with van der Waals surface area (Å²) in [5.74, 6) is 2.80. The fourth-order valence-electron chi connectivity index (χ4n) is 4.03. The van der Waals surface area contributed by atoms with E-state index in [2.05, 4.69) is 44.1 Å². The molecule has 1 aromatic heterocycles. The van der Waals surface area contributed by atoms with Gasteiger partial charge in [-0.05, 0) is 50.8 Å². The quantitative estimate of drug-likeness (QED) is 0.865. The van der Waals surface area contributed by atoms with Gasteiger partial charge < -0.3 is 20.0 Å². The number of nitrogens with one attached hydrogen (secondary N) is 1. The lowest BCUT2D eigenvalue weighted by molar-refractivity contribution is 0.208. The Hall–Kier alpha value is -2.83. The van der Waals surface area contributed by atoms with Crippen molar-refractivity contribution in [2.45, 2.75) is 33.6 Å². The topological polar surface area (TPSA) is 64.6 Å². The summed E-state index contributed by atoms with van der Waals surface area (Å²) in [6, 6.07) is 8.06. The minimum Gasteiger partial charge on any atom is -0.356 e. The van der Waals surface area contributed by atoms with Crippen molar-refractivity contribution in [2.75, 3.05) is 54.4 Å². The van der Waals surface area contributed by atoms with Crippen LogP contribution in [0.1, 0.15) is 29.8 Å². The fourth-order valence-corrected chi connectivity index (χ4v) is 4.03. The summed E-state index contributed by atoms with van der Waals surface area (Å²) >= 11 is 0. The molecule has 1 aromatic carbocycles. The van der Waals surface area contributed by atoms with E-state index in [4.69, 9.17) is 0 Å². The van der Waals surface area contributed by atoms with E-state index in [1.165, 1.54) is 18.4 Å². The molecule has 2 saturated heterocycles. The lowest BCUT2D eigenvalue weighted by Crippen LogP contribution is -2.50. The standard InChI is InChI=1S/C22H30N6O/c1-16-7-6-8-19(17(16)2)25-22(29)28-13-11-27(12-14-28)21-15-20(23-18(3)24-21)26-9-4-5-10-26/h6-8,15H,4-5,9-14H2,1-3H3,(H,25,29). The Bertz CT molecular complexity index is 885. The van der Waals surface area contributed by atoms with E-state index in [0.29, 0.717) is 13.1 Å². The lowest BCUT2D eigenvalue weighted by atomic mass is 10.1. The monoisotopic (exact) mass is 394 g/mol. The predicted molar refractivity (Wildman–Crippen MR) is 117 cm³/mol. The number of nitrogens with zero attached hydrogens (tertiary/aromatic N) is 5. The van der Waals surface area contributed by atoms with Gasteiger partial charge in [-0.15, -0.1) is 0 Å². The molecule has 0 bridgehead atoms. The number of anilines is 3. The molecular formula is C22H30N6O. The lowest BCUT2D eigenvalue weighted by Gasteiger charge is -2.35. The number of hydrogen-bond donors (Lipinski definition) is 1. The van der Waals surface area contributed by atoms with Crippen LogP contribution in [0.2, 0.25) is 0 Å². The zero-order chi connectivity index (χ0) is 20.4. The van der Waals surface area contributed by atoms with Gasteiger partial charge >= 0.3 is 6.03 Å². The SMILES string of the molecule is Cc1nc(N2CCCC2)cc(N2CCN(C(=O)Nc3cccc(C)c3C)CC2)n1. The zero-order valence-electron chi connectivity index (χ0n) is 17.6. The Morgan fingerprint density at radius 3 is 2.17 bits per heavy atom. The molecule has 29 heavy (non-hydrogen) atoms. The van der Waals surface area contributed by atoms with Crippen molar-refractivity contribution in [3.05, 3.63) is 41.2 Å². The van der Waals surface area contributed by atoms with Gasteiger partial charge in [-0.3, -0.25) is 0 Å². The zero-order valence-corrected chi connectivity index (χ0v) is 17.6. The third-order valence-electron chi connectivity index (χ3n) is 5.98. The number of carbonyl (C=O) groups is 1. The Morgan fingerprint density at radius 1 is 0.897 bits per heavy atom. The Balaban J connectivity index is 1.39. The molecule has 7 nitrogen and oxygen atoms in total. The largest absolute Gasteiger partial charge is 0.356 e. The molecule has 2 fully saturated rings. The van der Waals surface area contributed by atoms with Gasteiger partial charge in [0.2, 0.25) is 0 Å². The van der Waals surface area contributed by atoms with Crippen LogP contribution in [0.25, 0.3) is 0 Å². The molecule has 0 spiro atoms. The molecule has 2 amide bonds. The van der Waals surface area contributed by atoms with E-state index in [9.17, 15) is 4.79 Å². The molecule has 2 aliphatic rings. The number of aryl methyl sites for hydroxylation is 2. The van der Waals surface area contributed by atoms with Crippen molar-refractivity contribution < 1.29 is 4.79 Å². The Kier molecular flexibility index (Phi) is 5.56. The number of piperazine rings is 1. The van der Waals surface area contributed by atoms with E-state index in [1.54, 1.807) is 0 Å². The third-order valence-corrected chi connectivity index (χ3v) is 5.98. The molecule has 0 unspecified atom stereocenters. The highest BCUT2D eigenvalue weighted by Gasteiger charge is 2.24. The van der Waals surface area contributed by atoms with Crippen molar-refractivity contribution >= 4 is 23.4 Å². The summed E-state index contributed by atoms with van der Waals surface area (Å²) in [7, 11) is 0. The number of rotatable bonds is 3. The van der Waals surface area contributed by atoms with Crippen LogP contribution >= 0.6 is 0 Å². The van der Waals surface area contributed by atoms with E-state index in [1.807, 2.05) is 30.9 Å². The van der Waals surface area contributed by atoms with Gasteiger partial charge in [0.05, 0.1) is 0 Å². The minimum absolute atomic E-state index is 0.0324. The first kappa shape index (κ1) is 19.5. The highest BCUT2D eigenvalue weighted by Crippen LogP contribution is 2.24. The van der Waals surface area contributed by atoms with Gasteiger partial charge in [-0.2, -0.15) is 0 Å². The van der Waals surface area contributed by atoms with Gasteiger partial charge in [0, 0.05) is 51.0 Å². The molecular weight excluding hydrogens is 364 g/mol. The summed E-state index contributed by atoms with van der Waals surface area (Å²) in [5.41, 5.74) is 3.19. The van der Waals surface area contributed by atoms with Gasteiger partial charge in [0.1, 0.15) is 17.5 Å². The van der Waals surface area contributed by atoms with Crippen LogP contribution in [0.5, 0.6) is 0 Å². The summed E-state index contributed by atoms with van der Waals surface area (Å²) < 4.78 is 0. The predicted octanol–water partition coefficient (Wildman–Crippen LogP) is 3.36. The minimum atomic E-state index is -0.0324. The smallest absolute Gasteiger partial charge is 0.321 e. The van der Waals surface area contributed by atoms with Gasteiger partial charge in [-0.1, -0.05) is 12.1 Å². The highest BCUT2D eigenvalue weighted by atomic mass is 16.2. The summed E-state index contributed by atoms with van der Waals surface area (Å²) in [6.45, 7) is 11.1. The van der Waals surface area contributed by atoms with Crippen molar-refractivity contribution in [1.82, 2.24) is 14.9 Å². The van der Waals surface area contributed by atoms with Gasteiger partial charge in [0.15, 0.2) is 0 Å². The maximum Gasteiger partial charge on any atom is 0.321 e. The van der Waals surface area contributed by atoms with Gasteiger partial charge in [0.25, 0.3) is 0 Å². The fraction of sp³-hybridized carbons (Fsp3) is 0.500. The van der Waals surface area contributed by atoms with E-state index in [0.717, 1.165) is 54.9 Å². The van der Waals surface area contributed by atoms with Crippen LogP contribution in [0.15, 0.2) is 24.3 Å². The summed E-state index contributed by atoms with van der Waals surface area (Å²) in [4.78, 5) is 28.5. The molecule has 3 heterocycles. The average Bonchev–Trinajstić information content (AvgIpc) is 3.26. The maximum absolute atomic E-state index is 12.7. The second-order valence-corrected chi connectivity index (χ2v) is 7.98. The van der Waals surface area contributed by atoms with E-state index in [-0.39, 0.29) is 6.03 Å². The molecule has 0 aliphatic carbocycles. The number of urea groups is 1. The first-order valence-corrected chi connectivity index (χ1v) is 10.5. The van der Waals surface area contributed by atoms with Crippen LogP contribution in [0, 0.1) is 20.8 Å². The number of hydrogen-bond acceptors (Lipinski definition) is 5. The number of amides is 2. The second-order valence-electron chi connectivity index (χ2n) is 7.98. The molecule has 1 N–H and O–H groups in total. The number of carbonyl (C=O) groups excluding carboxylic acids is 1. The second kappa shape index (κ2) is 8.27. The molecule has 4 rings (SSSR count). The Labute approximate surface area is 172 Å². The molecule has 2 aromatic rings. The number of benzene rings is 1. The molecule has 0 radical (unpaired) electrons. The maximum atomic E-state index is 12.7. The van der Waals surface area contributed by atoms with Crippen LogP contribution in [0.3, 0.4) is 0 Å². The molecule has 154 valence electrons. The molecule has 0 saturated carbocycles. The van der Waals surface area contributed by atoms with Crippen molar-refractivity contribution in [2.24, 2.45) is 0 Å². The van der Waals surface area contributed by atoms with Crippen LogP contribution in [-0.2, 0) is 0 Å². The first-order chi connectivity index (χ1) is 14.0. The van der Waals surface area contributed by atoms with Gasteiger partial charge in [-0.25, -0.2) is 14.8 Å². The van der Waals surface area contributed by atoms with Crippen LogP contribution in [-0.4, -0.2) is 60.2 Å². The van der Waals surface area contributed by atoms with Crippen LogP contribution in [0.4, 0.5) is 22.1 Å². The summed E-state index contributed by atoms with van der Waals surface area (Å²) in [5, 5.41) is 3.07. The molecule has 7 heteroatoms. The first-order valence-electron chi connectivity index (χ1n) is 10.5.